The quantitative estimate of drug-likeness (QED) is 0.827. The zero-order valence-corrected chi connectivity index (χ0v) is 12.0. The van der Waals surface area contributed by atoms with Crippen molar-refractivity contribution < 1.29 is 28.5 Å². The molecular formula is C14H17NO6. The van der Waals surface area contributed by atoms with Crippen LogP contribution in [0.5, 0.6) is 11.5 Å². The zero-order chi connectivity index (χ0) is 15.4. The first-order valence-corrected chi connectivity index (χ1v) is 6.37. The Morgan fingerprint density at radius 1 is 1.33 bits per heavy atom. The number of esters is 1. The number of ether oxygens (including phenoxy) is 4. The van der Waals surface area contributed by atoms with Crippen molar-refractivity contribution in [3.63, 3.8) is 0 Å². The first-order valence-electron chi connectivity index (χ1n) is 6.37. The lowest BCUT2D eigenvalue weighted by Crippen LogP contribution is -2.35. The molecule has 1 saturated heterocycles. The molecule has 1 unspecified atom stereocenters. The molecule has 0 radical (unpaired) electrons. The molecule has 0 saturated carbocycles. The fraction of sp³-hybridized carbons (Fsp3) is 0.429. The van der Waals surface area contributed by atoms with Gasteiger partial charge in [-0.15, -0.1) is 0 Å². The average Bonchev–Trinajstić information content (AvgIpc) is 2.90. The fourth-order valence-corrected chi connectivity index (χ4v) is 2.15. The van der Waals surface area contributed by atoms with Gasteiger partial charge < -0.3 is 24.3 Å². The summed E-state index contributed by atoms with van der Waals surface area (Å²) in [5, 5.41) is 2.61. The molecule has 0 spiro atoms. The summed E-state index contributed by atoms with van der Waals surface area (Å²) in [6.45, 7) is 1.44. The van der Waals surface area contributed by atoms with Crippen molar-refractivity contribution in [1.82, 2.24) is 5.32 Å². The first kappa shape index (κ1) is 15.0. The number of hydrogen-bond acceptors (Lipinski definition) is 6. The second-order valence-corrected chi connectivity index (χ2v) is 4.49. The molecule has 7 heteroatoms. The molecule has 114 valence electrons. The third-order valence-electron chi connectivity index (χ3n) is 3.09. The maximum absolute atomic E-state index is 11.3. The van der Waals surface area contributed by atoms with Crippen LogP contribution in [0.3, 0.4) is 0 Å². The summed E-state index contributed by atoms with van der Waals surface area (Å²) >= 11 is 0. The average molecular weight is 295 g/mol. The number of nitrogens with one attached hydrogen (secondary N) is 1. The molecular weight excluding hydrogens is 278 g/mol. The largest absolute Gasteiger partial charge is 0.493 e. The van der Waals surface area contributed by atoms with E-state index in [4.69, 9.17) is 18.9 Å². The van der Waals surface area contributed by atoms with E-state index in [9.17, 15) is 9.59 Å². The molecule has 0 aromatic heterocycles. The second kappa shape index (κ2) is 6.34. The van der Waals surface area contributed by atoms with Crippen LogP contribution in [0.25, 0.3) is 0 Å². The summed E-state index contributed by atoms with van der Waals surface area (Å²) in [5.41, 5.74) is 0.679. The molecule has 1 fully saturated rings. The first-order chi connectivity index (χ1) is 10.0. The number of rotatable bonds is 5. The Morgan fingerprint density at radius 3 is 2.57 bits per heavy atom. The number of carbonyl (C=O) groups excluding carboxylic acids is 2. The van der Waals surface area contributed by atoms with E-state index in [0.717, 1.165) is 0 Å². The standard InChI is InChI=1S/C14H17NO6/c1-8(16)21-13(10-7-20-14(17)15-10)9-4-5-11(18-2)12(6-9)19-3/h4-6,10,13H,7H2,1-3H3,(H,15,17)/t10-,13?/m1/s1. The Labute approximate surface area is 122 Å². The summed E-state index contributed by atoms with van der Waals surface area (Å²) in [6, 6.07) is 4.72. The fourth-order valence-electron chi connectivity index (χ4n) is 2.15. The van der Waals surface area contributed by atoms with Crippen LogP contribution in [0, 0.1) is 0 Å². The molecule has 0 aliphatic carbocycles. The highest BCUT2D eigenvalue weighted by Crippen LogP contribution is 2.33. The molecule has 21 heavy (non-hydrogen) atoms. The van der Waals surface area contributed by atoms with Crippen molar-refractivity contribution >= 4 is 12.1 Å². The lowest BCUT2D eigenvalue weighted by atomic mass is 10.0. The van der Waals surface area contributed by atoms with Crippen molar-refractivity contribution in [2.24, 2.45) is 0 Å². The van der Waals surface area contributed by atoms with E-state index >= 15 is 0 Å². The van der Waals surface area contributed by atoms with Gasteiger partial charge in [0.25, 0.3) is 0 Å². The number of benzene rings is 1. The number of methoxy groups -OCH3 is 2. The Morgan fingerprint density at radius 2 is 2.05 bits per heavy atom. The molecule has 1 aliphatic heterocycles. The van der Waals surface area contributed by atoms with E-state index in [1.165, 1.54) is 21.1 Å². The van der Waals surface area contributed by atoms with Crippen molar-refractivity contribution in [2.75, 3.05) is 20.8 Å². The predicted octanol–water partition coefficient (Wildman–Crippen LogP) is 1.42. The van der Waals surface area contributed by atoms with E-state index in [-0.39, 0.29) is 6.61 Å². The molecule has 1 aromatic rings. The minimum atomic E-state index is -0.659. The second-order valence-electron chi connectivity index (χ2n) is 4.49. The van der Waals surface area contributed by atoms with Gasteiger partial charge in [-0.3, -0.25) is 4.79 Å². The van der Waals surface area contributed by atoms with Crippen LogP contribution in [0.1, 0.15) is 18.6 Å². The SMILES string of the molecule is COc1ccc(C(OC(C)=O)[C@H]2COC(=O)N2)cc1OC. The van der Waals surface area contributed by atoms with Crippen molar-refractivity contribution in [1.29, 1.82) is 0 Å². The number of hydrogen-bond donors (Lipinski definition) is 1. The minimum absolute atomic E-state index is 0.130. The molecule has 1 heterocycles. The van der Waals surface area contributed by atoms with E-state index in [0.29, 0.717) is 17.1 Å². The van der Waals surface area contributed by atoms with Crippen LogP contribution in [0.4, 0.5) is 4.79 Å². The molecule has 1 amide bonds. The van der Waals surface area contributed by atoms with E-state index in [1.54, 1.807) is 18.2 Å². The predicted molar refractivity (Wildman–Crippen MR) is 72.3 cm³/mol. The van der Waals surface area contributed by atoms with Gasteiger partial charge in [0, 0.05) is 6.92 Å². The molecule has 1 aliphatic rings. The van der Waals surface area contributed by atoms with Crippen molar-refractivity contribution in [2.45, 2.75) is 19.1 Å². The minimum Gasteiger partial charge on any atom is -0.493 e. The summed E-state index contributed by atoms with van der Waals surface area (Å²) in [7, 11) is 3.05. The molecule has 1 aromatic carbocycles. The maximum atomic E-state index is 11.3. The lowest BCUT2D eigenvalue weighted by Gasteiger charge is -2.22. The summed E-state index contributed by atoms with van der Waals surface area (Å²) < 4.78 is 20.6. The van der Waals surface area contributed by atoms with Gasteiger partial charge in [-0.05, 0) is 17.7 Å². The monoisotopic (exact) mass is 295 g/mol. The highest BCUT2D eigenvalue weighted by molar-refractivity contribution is 5.70. The molecule has 0 bridgehead atoms. The van der Waals surface area contributed by atoms with Crippen LogP contribution in [-0.4, -0.2) is 38.9 Å². The van der Waals surface area contributed by atoms with Crippen molar-refractivity contribution in [3.8, 4) is 11.5 Å². The van der Waals surface area contributed by atoms with Gasteiger partial charge in [-0.25, -0.2) is 4.79 Å². The van der Waals surface area contributed by atoms with Gasteiger partial charge in [0.15, 0.2) is 17.6 Å². The number of cyclic esters (lactones) is 1. The maximum Gasteiger partial charge on any atom is 0.407 e. The highest BCUT2D eigenvalue weighted by atomic mass is 16.6. The van der Waals surface area contributed by atoms with Gasteiger partial charge >= 0.3 is 12.1 Å². The van der Waals surface area contributed by atoms with E-state index in [1.807, 2.05) is 0 Å². The summed E-state index contributed by atoms with van der Waals surface area (Å²) in [6.07, 6.45) is -1.19. The lowest BCUT2D eigenvalue weighted by molar-refractivity contribution is -0.148. The Bertz CT molecular complexity index is 544. The van der Waals surface area contributed by atoms with Gasteiger partial charge in [-0.1, -0.05) is 6.07 Å². The Hall–Kier alpha value is -2.44. The van der Waals surface area contributed by atoms with Gasteiger partial charge in [0.2, 0.25) is 0 Å². The topological polar surface area (TPSA) is 83.1 Å². The normalized spacial score (nSPS) is 18.4. The molecule has 2 rings (SSSR count). The number of carbonyl (C=O) groups is 2. The van der Waals surface area contributed by atoms with Gasteiger partial charge in [0.1, 0.15) is 12.6 Å². The number of alkyl carbamates (subject to hydrolysis) is 1. The third kappa shape index (κ3) is 3.36. The summed E-state index contributed by atoms with van der Waals surface area (Å²) in [4.78, 5) is 22.5. The summed E-state index contributed by atoms with van der Waals surface area (Å²) in [5.74, 6) is 0.628. The molecule has 2 atom stereocenters. The third-order valence-corrected chi connectivity index (χ3v) is 3.09. The van der Waals surface area contributed by atoms with Gasteiger partial charge in [-0.2, -0.15) is 0 Å². The Balaban J connectivity index is 2.31. The molecule has 1 N–H and O–H groups in total. The Kier molecular flexibility index (Phi) is 4.52. The van der Waals surface area contributed by atoms with Crippen LogP contribution >= 0.6 is 0 Å². The van der Waals surface area contributed by atoms with E-state index < -0.39 is 24.2 Å². The smallest absolute Gasteiger partial charge is 0.407 e. The van der Waals surface area contributed by atoms with Crippen molar-refractivity contribution in [3.05, 3.63) is 23.8 Å². The molecule has 7 nitrogen and oxygen atoms in total. The number of amides is 1. The van der Waals surface area contributed by atoms with Crippen LogP contribution < -0.4 is 14.8 Å². The van der Waals surface area contributed by atoms with Crippen LogP contribution in [0.15, 0.2) is 18.2 Å². The van der Waals surface area contributed by atoms with Crippen LogP contribution in [0.2, 0.25) is 0 Å². The van der Waals surface area contributed by atoms with Gasteiger partial charge in [0.05, 0.1) is 14.2 Å². The van der Waals surface area contributed by atoms with E-state index in [2.05, 4.69) is 5.32 Å². The zero-order valence-electron chi connectivity index (χ0n) is 12.0. The van der Waals surface area contributed by atoms with Crippen LogP contribution in [-0.2, 0) is 14.3 Å². The highest BCUT2D eigenvalue weighted by Gasteiger charge is 2.34.